The van der Waals surface area contributed by atoms with Crippen molar-refractivity contribution in [2.24, 2.45) is 5.92 Å². The standard InChI is InChI=1S/C10H11N3O/c1-7(2)10(14)9-4-3-8-5-11-6-12-13(8)9/h3-7H,1-2H3. The van der Waals surface area contributed by atoms with E-state index in [1.165, 1.54) is 6.33 Å². The molecule has 0 fully saturated rings. The molecule has 0 aliphatic rings. The molecular formula is C10H11N3O. The van der Waals surface area contributed by atoms with Gasteiger partial charge in [0.25, 0.3) is 0 Å². The number of aromatic nitrogens is 3. The van der Waals surface area contributed by atoms with Crippen LogP contribution in [-0.4, -0.2) is 20.4 Å². The summed E-state index contributed by atoms with van der Waals surface area (Å²) in [5.74, 6) is 0.0896. The first-order chi connectivity index (χ1) is 6.70. The lowest BCUT2D eigenvalue weighted by molar-refractivity contribution is 0.0932. The van der Waals surface area contributed by atoms with Gasteiger partial charge in [-0.2, -0.15) is 5.10 Å². The molecule has 0 aliphatic carbocycles. The third kappa shape index (κ3) is 1.28. The topological polar surface area (TPSA) is 47.3 Å². The summed E-state index contributed by atoms with van der Waals surface area (Å²) in [6.07, 6.45) is 3.12. The second-order valence-corrected chi connectivity index (χ2v) is 3.48. The molecular weight excluding hydrogens is 178 g/mol. The van der Waals surface area contributed by atoms with Crippen LogP contribution in [-0.2, 0) is 0 Å². The van der Waals surface area contributed by atoms with E-state index >= 15 is 0 Å². The minimum absolute atomic E-state index is 0.0111. The molecule has 0 aliphatic heterocycles. The number of hydrogen-bond acceptors (Lipinski definition) is 3. The maximum absolute atomic E-state index is 11.7. The molecule has 0 unspecified atom stereocenters. The second-order valence-electron chi connectivity index (χ2n) is 3.48. The van der Waals surface area contributed by atoms with Gasteiger partial charge in [0.2, 0.25) is 0 Å². The fourth-order valence-electron chi connectivity index (χ4n) is 1.34. The highest BCUT2D eigenvalue weighted by Gasteiger charge is 2.14. The number of Topliss-reactive ketones (excluding diaryl/α,β-unsaturated/α-hetero) is 1. The van der Waals surface area contributed by atoms with E-state index in [1.54, 1.807) is 16.8 Å². The highest BCUT2D eigenvalue weighted by molar-refractivity contribution is 5.96. The average Bonchev–Trinajstić information content (AvgIpc) is 2.60. The van der Waals surface area contributed by atoms with E-state index in [1.807, 2.05) is 19.9 Å². The Bertz CT molecular complexity index is 473. The fourth-order valence-corrected chi connectivity index (χ4v) is 1.34. The summed E-state index contributed by atoms with van der Waals surface area (Å²) in [5, 5.41) is 4.03. The van der Waals surface area contributed by atoms with Crippen molar-refractivity contribution < 1.29 is 4.79 Å². The second kappa shape index (κ2) is 3.21. The maximum atomic E-state index is 11.7. The Morgan fingerprint density at radius 1 is 1.43 bits per heavy atom. The Morgan fingerprint density at radius 2 is 2.21 bits per heavy atom. The molecule has 0 bridgehead atoms. The zero-order valence-electron chi connectivity index (χ0n) is 8.14. The molecule has 0 spiro atoms. The van der Waals surface area contributed by atoms with Crippen molar-refractivity contribution in [1.82, 2.24) is 14.6 Å². The number of fused-ring (bicyclic) bond motifs is 1. The molecule has 0 saturated heterocycles. The first-order valence-electron chi connectivity index (χ1n) is 4.52. The molecule has 2 aromatic heterocycles. The van der Waals surface area contributed by atoms with Crippen LogP contribution in [0.15, 0.2) is 24.7 Å². The summed E-state index contributed by atoms with van der Waals surface area (Å²) in [5.41, 5.74) is 1.47. The lowest BCUT2D eigenvalue weighted by Gasteiger charge is -2.02. The molecule has 4 heteroatoms. The Morgan fingerprint density at radius 3 is 2.93 bits per heavy atom. The van der Waals surface area contributed by atoms with Crippen molar-refractivity contribution >= 4 is 11.3 Å². The molecule has 0 amide bonds. The lowest BCUT2D eigenvalue weighted by Crippen LogP contribution is -2.11. The normalized spacial score (nSPS) is 11.1. The van der Waals surface area contributed by atoms with Crippen molar-refractivity contribution in [3.8, 4) is 0 Å². The van der Waals surface area contributed by atoms with Gasteiger partial charge in [-0.25, -0.2) is 9.50 Å². The van der Waals surface area contributed by atoms with Gasteiger partial charge in [-0.05, 0) is 12.1 Å². The Kier molecular flexibility index (Phi) is 2.04. The van der Waals surface area contributed by atoms with Crippen LogP contribution in [0.3, 0.4) is 0 Å². The largest absolute Gasteiger partial charge is 0.292 e. The van der Waals surface area contributed by atoms with Crippen LogP contribution in [0.5, 0.6) is 0 Å². The summed E-state index contributed by atoms with van der Waals surface area (Å²) < 4.78 is 1.62. The first kappa shape index (κ1) is 8.87. The molecule has 4 nitrogen and oxygen atoms in total. The molecule has 0 atom stereocenters. The smallest absolute Gasteiger partial charge is 0.183 e. The molecule has 2 heterocycles. The quantitative estimate of drug-likeness (QED) is 0.673. The van der Waals surface area contributed by atoms with Crippen LogP contribution in [0.25, 0.3) is 5.52 Å². The van der Waals surface area contributed by atoms with E-state index in [0.29, 0.717) is 5.69 Å². The monoisotopic (exact) mass is 189 g/mol. The van der Waals surface area contributed by atoms with Crippen molar-refractivity contribution in [3.05, 3.63) is 30.4 Å². The van der Waals surface area contributed by atoms with Crippen LogP contribution in [0.4, 0.5) is 0 Å². The Labute approximate surface area is 81.6 Å². The summed E-state index contributed by atoms with van der Waals surface area (Å²) >= 11 is 0. The van der Waals surface area contributed by atoms with Gasteiger partial charge in [0.05, 0.1) is 11.7 Å². The van der Waals surface area contributed by atoms with Gasteiger partial charge in [-0.3, -0.25) is 4.79 Å². The fraction of sp³-hybridized carbons (Fsp3) is 0.300. The van der Waals surface area contributed by atoms with Gasteiger partial charge < -0.3 is 0 Å². The van der Waals surface area contributed by atoms with Crippen molar-refractivity contribution in [2.75, 3.05) is 0 Å². The maximum Gasteiger partial charge on any atom is 0.183 e. The van der Waals surface area contributed by atoms with Crippen LogP contribution >= 0.6 is 0 Å². The SMILES string of the molecule is CC(C)C(=O)c1ccc2cncnn12. The number of carbonyl (C=O) groups excluding carboxylic acids is 1. The molecule has 0 saturated carbocycles. The van der Waals surface area contributed by atoms with Crippen LogP contribution < -0.4 is 0 Å². The highest BCUT2D eigenvalue weighted by atomic mass is 16.1. The average molecular weight is 189 g/mol. The van der Waals surface area contributed by atoms with Crippen LogP contribution in [0, 0.1) is 5.92 Å². The lowest BCUT2D eigenvalue weighted by atomic mass is 10.1. The van der Waals surface area contributed by atoms with Crippen molar-refractivity contribution in [1.29, 1.82) is 0 Å². The molecule has 2 aromatic rings. The number of nitrogens with zero attached hydrogens (tertiary/aromatic N) is 3. The number of ketones is 1. The van der Waals surface area contributed by atoms with Gasteiger partial charge in [-0.15, -0.1) is 0 Å². The van der Waals surface area contributed by atoms with E-state index < -0.39 is 0 Å². The van der Waals surface area contributed by atoms with Gasteiger partial charge >= 0.3 is 0 Å². The minimum Gasteiger partial charge on any atom is -0.292 e. The molecule has 0 radical (unpaired) electrons. The summed E-state index contributed by atoms with van der Waals surface area (Å²) in [4.78, 5) is 15.6. The molecule has 0 aromatic carbocycles. The van der Waals surface area contributed by atoms with Gasteiger partial charge in [0.15, 0.2) is 5.78 Å². The third-order valence-corrected chi connectivity index (χ3v) is 2.10. The van der Waals surface area contributed by atoms with E-state index in [-0.39, 0.29) is 11.7 Å². The third-order valence-electron chi connectivity index (χ3n) is 2.10. The van der Waals surface area contributed by atoms with Crippen molar-refractivity contribution in [2.45, 2.75) is 13.8 Å². The van der Waals surface area contributed by atoms with Crippen molar-refractivity contribution in [3.63, 3.8) is 0 Å². The van der Waals surface area contributed by atoms with Crippen LogP contribution in [0.2, 0.25) is 0 Å². The Balaban J connectivity index is 2.58. The molecule has 14 heavy (non-hydrogen) atoms. The predicted molar refractivity (Wildman–Crippen MR) is 52.2 cm³/mol. The van der Waals surface area contributed by atoms with Gasteiger partial charge in [-0.1, -0.05) is 13.8 Å². The number of carbonyl (C=O) groups is 1. The predicted octanol–water partition coefficient (Wildman–Crippen LogP) is 1.57. The molecule has 2 rings (SSSR count). The van der Waals surface area contributed by atoms with E-state index in [9.17, 15) is 4.79 Å². The zero-order chi connectivity index (χ0) is 10.1. The van der Waals surface area contributed by atoms with Gasteiger partial charge in [0.1, 0.15) is 12.0 Å². The van der Waals surface area contributed by atoms with E-state index in [4.69, 9.17) is 0 Å². The summed E-state index contributed by atoms with van der Waals surface area (Å²) in [7, 11) is 0. The first-order valence-corrected chi connectivity index (χ1v) is 4.52. The van der Waals surface area contributed by atoms with E-state index in [0.717, 1.165) is 5.52 Å². The minimum atomic E-state index is -0.0111. The summed E-state index contributed by atoms with van der Waals surface area (Å²) in [6, 6.07) is 3.63. The van der Waals surface area contributed by atoms with Crippen LogP contribution in [0.1, 0.15) is 24.3 Å². The highest BCUT2D eigenvalue weighted by Crippen LogP contribution is 2.11. The molecule has 0 N–H and O–H groups in total. The Hall–Kier alpha value is -1.71. The molecule has 72 valence electrons. The zero-order valence-corrected chi connectivity index (χ0v) is 8.14. The van der Waals surface area contributed by atoms with Gasteiger partial charge in [0, 0.05) is 5.92 Å². The van der Waals surface area contributed by atoms with E-state index in [2.05, 4.69) is 10.1 Å². The number of hydrogen-bond donors (Lipinski definition) is 0. The number of rotatable bonds is 2. The summed E-state index contributed by atoms with van der Waals surface area (Å²) in [6.45, 7) is 3.76.